The number of ether oxygens (including phenoxy) is 3. The van der Waals surface area contributed by atoms with Crippen LogP contribution in [0.2, 0.25) is 0 Å². The second kappa shape index (κ2) is 46.0. The number of oxazole rings is 1. The predicted octanol–water partition coefficient (Wildman–Crippen LogP) is 7.82. The van der Waals surface area contributed by atoms with Crippen LogP contribution in [-0.4, -0.2) is 80.1 Å². The third kappa shape index (κ3) is 23.5. The van der Waals surface area contributed by atoms with Crippen LogP contribution in [0.5, 0.6) is 11.5 Å². The molecule has 14 rings (SSSR count). The minimum absolute atomic E-state index is 0. The molecule has 10 aromatic rings. The van der Waals surface area contributed by atoms with Gasteiger partial charge in [0.15, 0.2) is 41.1 Å². The highest BCUT2D eigenvalue weighted by molar-refractivity contribution is 8.03. The summed E-state index contributed by atoms with van der Waals surface area (Å²) in [5.74, 6) is 6.95. The quantitative estimate of drug-likeness (QED) is 0.0440. The van der Waals surface area contributed by atoms with Crippen molar-refractivity contribution in [1.29, 1.82) is 0 Å². The molecular weight excluding hydrogens is 1920 g/mol. The molecule has 0 bridgehead atoms. The molecule has 8 heterocycles. The van der Waals surface area contributed by atoms with Crippen molar-refractivity contribution in [2.75, 3.05) is 80.1 Å². The maximum absolute atomic E-state index is 6.08. The van der Waals surface area contributed by atoms with E-state index in [0.717, 1.165) is 148 Å². The van der Waals surface area contributed by atoms with E-state index >= 15 is 0 Å². The Balaban J connectivity index is 0.000000209. The summed E-state index contributed by atoms with van der Waals surface area (Å²) in [6.07, 6.45) is 27.2. The molecular formula is C90H106I4N10O4S4. The Bertz CT molecular complexity index is 4970. The van der Waals surface area contributed by atoms with Gasteiger partial charge in [-0.1, -0.05) is 183 Å². The van der Waals surface area contributed by atoms with Crippen LogP contribution in [0.3, 0.4) is 0 Å². The van der Waals surface area contributed by atoms with Crippen molar-refractivity contribution in [3.8, 4) is 22.8 Å². The van der Waals surface area contributed by atoms with Gasteiger partial charge in [0.2, 0.25) is 29.2 Å². The number of allylic oxidation sites excluding steroid dienone is 8. The summed E-state index contributed by atoms with van der Waals surface area (Å²) in [6.45, 7) is 38.1. The zero-order valence-electron chi connectivity index (χ0n) is 66.8. The molecule has 0 unspecified atom stereocenters. The van der Waals surface area contributed by atoms with E-state index in [1.54, 1.807) is 11.3 Å². The molecule has 0 saturated carbocycles. The highest BCUT2D eigenvalue weighted by atomic mass is 127. The van der Waals surface area contributed by atoms with Gasteiger partial charge >= 0.3 is 5.89 Å². The summed E-state index contributed by atoms with van der Waals surface area (Å²) < 4.78 is 34.4. The Morgan fingerprint density at radius 3 is 1.64 bits per heavy atom. The third-order valence-corrected chi connectivity index (χ3v) is 24.1. The molecule has 4 aliphatic rings. The highest BCUT2D eigenvalue weighted by Gasteiger charge is 2.29. The predicted molar refractivity (Wildman–Crippen MR) is 454 cm³/mol. The lowest BCUT2D eigenvalue weighted by Gasteiger charge is -2.25. The third-order valence-electron chi connectivity index (χ3n) is 19.5. The van der Waals surface area contributed by atoms with Gasteiger partial charge in [-0.15, -0.1) is 0 Å². The lowest BCUT2D eigenvalue weighted by Crippen LogP contribution is -3.00. The Morgan fingerprint density at radius 1 is 0.527 bits per heavy atom. The lowest BCUT2D eigenvalue weighted by molar-refractivity contribution is -0.698. The summed E-state index contributed by atoms with van der Waals surface area (Å²) in [6, 6.07) is 54.2. The monoisotopic (exact) mass is 2030 g/mol. The van der Waals surface area contributed by atoms with E-state index in [9.17, 15) is 0 Å². The lowest BCUT2D eigenvalue weighted by atomic mass is 10.2. The molecule has 0 saturated heterocycles. The fourth-order valence-corrected chi connectivity index (χ4v) is 17.3. The molecule has 0 N–H and O–H groups in total. The zero-order valence-corrected chi connectivity index (χ0v) is 78.7. The first-order chi connectivity index (χ1) is 52.7. The number of hydrogen-bond donors (Lipinski definition) is 0. The van der Waals surface area contributed by atoms with Crippen LogP contribution < -0.4 is 138 Å². The zero-order chi connectivity index (χ0) is 76.1. The van der Waals surface area contributed by atoms with Crippen molar-refractivity contribution >= 4 is 103 Å². The number of halogens is 4. The summed E-state index contributed by atoms with van der Waals surface area (Å²) in [7, 11) is 4.19. The molecule has 6 aromatic carbocycles. The Morgan fingerprint density at radius 2 is 1.07 bits per heavy atom. The molecule has 0 aliphatic carbocycles. The van der Waals surface area contributed by atoms with Crippen molar-refractivity contribution in [3.63, 3.8) is 0 Å². The standard InChI is InChI=1S/C30H41N4S2.C25H25N2O2.C18H21N2OS.C17H19N2OS.4HI/c1-6-31(7-2)18-20-33-25-14-10-12-16-27(25)35-29(33)22-24(5)23-30-34(21-19-32(8-3)9-4)26-15-11-13-17-28(26)36-30;1-3-26-18-22(20-12-7-5-8-13-20)28-24(26)16-11-17-25-27(4-2)19-23(29-25)21-14-9-6-10-15-21;1-5-20-15-9-6-7-10-16(15)21-17(20)11-8-12-18-19(4)13(2)14(3)22-18;1-4-19-14-8-5-6-9-15(14)20-16(19)10-7-11-17-18(3)13(2)12-21-17;;;;/h10-17,22-23H,6-9,18-21H2,1-5H3;5-19H,3-4H2,1-2H3;6-12H,5H2,1-4H3;5-12H,4H2,1-3H3;4*1H/q4*+1;;;;/p-4. The largest absolute Gasteiger partial charge is 1.00 e. The Hall–Kier alpha value is -6.87. The van der Waals surface area contributed by atoms with Crippen molar-refractivity contribution in [3.05, 3.63) is 289 Å². The number of aryl methyl sites for hydroxylation is 3. The average molecular weight is 2030 g/mol. The first kappa shape index (κ1) is 92.3. The Labute approximate surface area is 749 Å². The van der Waals surface area contributed by atoms with Gasteiger partial charge in [0, 0.05) is 86.9 Å². The maximum Gasteiger partial charge on any atom is 0.373 e. The van der Waals surface area contributed by atoms with Crippen LogP contribution in [0.1, 0.15) is 105 Å². The van der Waals surface area contributed by atoms with E-state index in [-0.39, 0.29) is 95.9 Å². The van der Waals surface area contributed by atoms with E-state index in [1.165, 1.54) is 62.7 Å². The number of hydrogen-bond acceptors (Lipinski definition) is 14. The first-order valence-corrected chi connectivity index (χ1v) is 41.3. The minimum Gasteiger partial charge on any atom is -1.00 e. The molecule has 592 valence electrons. The normalized spacial score (nSPS) is 14.8. The number of benzene rings is 6. The van der Waals surface area contributed by atoms with Crippen LogP contribution in [-0.2, 0) is 31.9 Å². The highest BCUT2D eigenvalue weighted by Crippen LogP contribution is 2.46. The first-order valence-electron chi connectivity index (χ1n) is 37.9. The molecule has 4 aromatic heterocycles. The molecule has 14 nitrogen and oxygen atoms in total. The summed E-state index contributed by atoms with van der Waals surface area (Å²) in [5, 5.41) is 7.28. The number of aromatic nitrogens is 4. The van der Waals surface area contributed by atoms with Crippen molar-refractivity contribution in [2.45, 2.75) is 101 Å². The van der Waals surface area contributed by atoms with E-state index in [0.29, 0.717) is 0 Å². The second-order valence-corrected chi connectivity index (χ2v) is 30.4. The molecule has 0 atom stereocenters. The van der Waals surface area contributed by atoms with Crippen molar-refractivity contribution in [2.24, 2.45) is 14.1 Å². The van der Waals surface area contributed by atoms with Crippen molar-refractivity contribution < 1.29 is 133 Å². The Kier molecular flexibility index (Phi) is 37.9. The molecule has 22 heteroatoms. The average Bonchev–Trinajstić information content (AvgIpc) is 1.65. The second-order valence-electron chi connectivity index (χ2n) is 26.2. The SMILES string of the molecule is CCN(CC)CCN1/C(=C/C(C)=C/c2sc3ccccc3[n+]2CCN(CC)CC)Sc2ccccc21.CCN1C(=CC=Cc2sc(C)c(C)[n+]2C)Oc2ccccc21.CCN1C(=CC=Cc2scc(C)[n+]2C)Oc2ccccc21.CCN1C=C(c2ccccc2)O/C1=C\C=C\c1oc(-c2ccccc2)c[n+]1CC.[I-].[I-].[I-].[I-]. The van der Waals surface area contributed by atoms with Gasteiger partial charge in [0.05, 0.1) is 51.2 Å². The molecule has 0 amide bonds. The number of rotatable bonds is 24. The van der Waals surface area contributed by atoms with Gasteiger partial charge in [-0.05, 0) is 158 Å². The smallest absolute Gasteiger partial charge is 0.373 e. The van der Waals surface area contributed by atoms with Gasteiger partial charge in [0.25, 0.3) is 15.0 Å². The fourth-order valence-electron chi connectivity index (χ4n) is 12.9. The number of fused-ring (bicyclic) bond motifs is 4. The number of likely N-dealkylation sites (N-methyl/N-ethyl adjacent to an activating group) is 2. The van der Waals surface area contributed by atoms with Crippen LogP contribution in [0, 0.1) is 20.8 Å². The molecule has 112 heavy (non-hydrogen) atoms. The van der Waals surface area contributed by atoms with Crippen LogP contribution >= 0.6 is 45.8 Å². The van der Waals surface area contributed by atoms with E-state index < -0.39 is 0 Å². The van der Waals surface area contributed by atoms with Gasteiger partial charge in [0.1, 0.15) is 25.3 Å². The fraction of sp³-hybridized carbons (Fsp3) is 0.289. The molecule has 0 fully saturated rings. The molecule has 0 radical (unpaired) electrons. The number of anilines is 3. The number of nitrogens with zero attached hydrogens (tertiary/aromatic N) is 10. The summed E-state index contributed by atoms with van der Waals surface area (Å²) in [4.78, 5) is 16.7. The van der Waals surface area contributed by atoms with Crippen LogP contribution in [0.25, 0.3) is 51.6 Å². The molecule has 0 spiro atoms. The topological polar surface area (TPSA) is 75.8 Å². The molecule has 4 aliphatic heterocycles. The maximum atomic E-state index is 6.08. The summed E-state index contributed by atoms with van der Waals surface area (Å²) in [5.41, 5.74) is 11.0. The van der Waals surface area contributed by atoms with Gasteiger partial charge < -0.3 is 139 Å². The van der Waals surface area contributed by atoms with Gasteiger partial charge in [-0.3, -0.25) is 4.90 Å². The van der Waals surface area contributed by atoms with E-state index in [4.69, 9.17) is 18.6 Å². The van der Waals surface area contributed by atoms with Gasteiger partial charge in [-0.2, -0.15) is 18.3 Å². The van der Waals surface area contributed by atoms with E-state index in [2.05, 4.69) is 272 Å². The van der Waals surface area contributed by atoms with Crippen molar-refractivity contribution in [1.82, 2.24) is 14.7 Å². The van der Waals surface area contributed by atoms with Gasteiger partial charge in [-0.25, -0.2) is 0 Å². The number of thiazole rings is 3. The van der Waals surface area contributed by atoms with E-state index in [1.807, 2.05) is 150 Å². The number of para-hydroxylation sites is 6. The number of thioether (sulfide) groups is 1. The summed E-state index contributed by atoms with van der Waals surface area (Å²) >= 11 is 7.35. The van der Waals surface area contributed by atoms with Crippen LogP contribution in [0.15, 0.2) is 256 Å². The minimum atomic E-state index is 0. The van der Waals surface area contributed by atoms with Crippen LogP contribution in [0.4, 0.5) is 17.1 Å².